The first-order valence-electron chi connectivity index (χ1n) is 6.02. The van der Waals surface area contributed by atoms with E-state index in [-0.39, 0.29) is 23.9 Å². The number of carbonyl (C=O) groups is 1. The molecule has 1 amide bonds. The highest BCUT2D eigenvalue weighted by Gasteiger charge is 2.24. The SMILES string of the molecule is CC(N)C(C)C(=O)N(C)C(C)c1ccccc1. The first-order chi connectivity index (χ1) is 7.95. The Morgan fingerprint density at radius 1 is 1.18 bits per heavy atom. The maximum atomic E-state index is 12.1. The number of nitrogens with two attached hydrogens (primary N) is 1. The van der Waals surface area contributed by atoms with Crippen molar-refractivity contribution >= 4 is 5.91 Å². The number of rotatable bonds is 4. The largest absolute Gasteiger partial charge is 0.339 e. The van der Waals surface area contributed by atoms with Gasteiger partial charge in [0, 0.05) is 13.1 Å². The van der Waals surface area contributed by atoms with Crippen molar-refractivity contribution in [1.82, 2.24) is 4.90 Å². The Morgan fingerprint density at radius 3 is 2.18 bits per heavy atom. The minimum absolute atomic E-state index is 0.0740. The van der Waals surface area contributed by atoms with Crippen LogP contribution in [0.5, 0.6) is 0 Å². The maximum Gasteiger partial charge on any atom is 0.227 e. The molecular formula is C14H22N2O. The number of nitrogens with zero attached hydrogens (tertiary/aromatic N) is 1. The van der Waals surface area contributed by atoms with Gasteiger partial charge in [0.05, 0.1) is 12.0 Å². The van der Waals surface area contributed by atoms with Crippen LogP contribution in [0.2, 0.25) is 0 Å². The predicted octanol–water partition coefficient (Wildman–Crippen LogP) is 2.19. The predicted molar refractivity (Wildman–Crippen MR) is 70.4 cm³/mol. The van der Waals surface area contributed by atoms with Crippen molar-refractivity contribution < 1.29 is 4.79 Å². The van der Waals surface area contributed by atoms with E-state index < -0.39 is 0 Å². The molecular weight excluding hydrogens is 212 g/mol. The first kappa shape index (κ1) is 13.7. The first-order valence-corrected chi connectivity index (χ1v) is 6.02. The molecule has 0 aliphatic carbocycles. The molecule has 94 valence electrons. The maximum absolute atomic E-state index is 12.1. The van der Waals surface area contributed by atoms with Gasteiger partial charge in [-0.3, -0.25) is 4.79 Å². The van der Waals surface area contributed by atoms with Crippen molar-refractivity contribution in [3.8, 4) is 0 Å². The molecule has 0 aliphatic rings. The van der Waals surface area contributed by atoms with Crippen molar-refractivity contribution in [2.24, 2.45) is 11.7 Å². The van der Waals surface area contributed by atoms with Crippen molar-refractivity contribution in [3.05, 3.63) is 35.9 Å². The van der Waals surface area contributed by atoms with E-state index in [1.807, 2.05) is 58.2 Å². The highest BCUT2D eigenvalue weighted by molar-refractivity contribution is 5.79. The van der Waals surface area contributed by atoms with Crippen LogP contribution in [0.25, 0.3) is 0 Å². The van der Waals surface area contributed by atoms with E-state index in [1.165, 1.54) is 0 Å². The summed E-state index contributed by atoms with van der Waals surface area (Å²) in [4.78, 5) is 13.9. The molecule has 1 aromatic carbocycles. The van der Waals surface area contributed by atoms with E-state index in [2.05, 4.69) is 0 Å². The molecule has 1 aromatic rings. The Morgan fingerprint density at radius 2 is 1.71 bits per heavy atom. The van der Waals surface area contributed by atoms with Crippen LogP contribution >= 0.6 is 0 Å². The third-order valence-corrected chi connectivity index (χ3v) is 3.39. The van der Waals surface area contributed by atoms with E-state index in [9.17, 15) is 4.79 Å². The van der Waals surface area contributed by atoms with Gasteiger partial charge in [0.1, 0.15) is 0 Å². The minimum atomic E-state index is -0.147. The lowest BCUT2D eigenvalue weighted by atomic mass is 10.0. The fourth-order valence-corrected chi connectivity index (χ4v) is 1.69. The molecule has 0 aromatic heterocycles. The molecule has 0 heterocycles. The third-order valence-electron chi connectivity index (χ3n) is 3.39. The van der Waals surface area contributed by atoms with Gasteiger partial charge in [0.15, 0.2) is 0 Å². The number of carbonyl (C=O) groups excluding carboxylic acids is 1. The zero-order chi connectivity index (χ0) is 13.0. The van der Waals surface area contributed by atoms with Crippen LogP contribution in [0.4, 0.5) is 0 Å². The van der Waals surface area contributed by atoms with E-state index in [4.69, 9.17) is 5.73 Å². The van der Waals surface area contributed by atoms with Crippen LogP contribution in [0.15, 0.2) is 30.3 Å². The fourth-order valence-electron chi connectivity index (χ4n) is 1.69. The van der Waals surface area contributed by atoms with Gasteiger partial charge in [-0.15, -0.1) is 0 Å². The highest BCUT2D eigenvalue weighted by Crippen LogP contribution is 2.20. The van der Waals surface area contributed by atoms with Crippen LogP contribution in [0.3, 0.4) is 0 Å². The monoisotopic (exact) mass is 234 g/mol. The van der Waals surface area contributed by atoms with Crippen molar-refractivity contribution in [3.63, 3.8) is 0 Å². The van der Waals surface area contributed by atoms with E-state index in [0.717, 1.165) is 5.56 Å². The number of benzene rings is 1. The van der Waals surface area contributed by atoms with E-state index >= 15 is 0 Å². The Hall–Kier alpha value is -1.35. The van der Waals surface area contributed by atoms with Crippen molar-refractivity contribution in [2.75, 3.05) is 7.05 Å². The van der Waals surface area contributed by atoms with E-state index in [1.54, 1.807) is 4.90 Å². The van der Waals surface area contributed by atoms with Gasteiger partial charge in [-0.05, 0) is 19.4 Å². The summed E-state index contributed by atoms with van der Waals surface area (Å²) in [6.45, 7) is 5.77. The zero-order valence-corrected chi connectivity index (χ0v) is 11.1. The van der Waals surface area contributed by atoms with Gasteiger partial charge in [-0.2, -0.15) is 0 Å². The van der Waals surface area contributed by atoms with Crippen LogP contribution in [-0.2, 0) is 4.79 Å². The second kappa shape index (κ2) is 5.82. The standard InChI is InChI=1S/C14H22N2O/c1-10(11(2)15)14(17)16(4)12(3)13-8-6-5-7-9-13/h5-12H,15H2,1-4H3. The Labute approximate surface area is 104 Å². The summed E-state index contributed by atoms with van der Waals surface area (Å²) >= 11 is 0. The minimum Gasteiger partial charge on any atom is -0.339 e. The van der Waals surface area contributed by atoms with Crippen molar-refractivity contribution in [2.45, 2.75) is 32.9 Å². The summed E-state index contributed by atoms with van der Waals surface area (Å²) in [6.07, 6.45) is 0. The molecule has 0 radical (unpaired) electrons. The molecule has 0 aliphatic heterocycles. The molecule has 17 heavy (non-hydrogen) atoms. The van der Waals surface area contributed by atoms with Gasteiger partial charge in [0.2, 0.25) is 5.91 Å². The lowest BCUT2D eigenvalue weighted by molar-refractivity contribution is -0.136. The summed E-state index contributed by atoms with van der Waals surface area (Å²) in [7, 11) is 1.83. The highest BCUT2D eigenvalue weighted by atomic mass is 16.2. The molecule has 3 heteroatoms. The lowest BCUT2D eigenvalue weighted by Crippen LogP contribution is -2.40. The molecule has 0 fully saturated rings. The van der Waals surface area contributed by atoms with Crippen LogP contribution in [-0.4, -0.2) is 23.9 Å². The van der Waals surface area contributed by atoms with Gasteiger partial charge in [-0.1, -0.05) is 37.3 Å². The average molecular weight is 234 g/mol. The Bertz CT molecular complexity index is 362. The van der Waals surface area contributed by atoms with Crippen LogP contribution in [0.1, 0.15) is 32.4 Å². The zero-order valence-electron chi connectivity index (χ0n) is 11.1. The fraction of sp³-hybridized carbons (Fsp3) is 0.500. The van der Waals surface area contributed by atoms with Crippen LogP contribution in [0, 0.1) is 5.92 Å². The smallest absolute Gasteiger partial charge is 0.227 e. The molecule has 3 atom stereocenters. The summed E-state index contributed by atoms with van der Waals surface area (Å²) in [5, 5.41) is 0. The average Bonchev–Trinajstić information content (AvgIpc) is 2.36. The normalized spacial score (nSPS) is 16.1. The van der Waals surface area contributed by atoms with Gasteiger partial charge < -0.3 is 10.6 Å². The van der Waals surface area contributed by atoms with Gasteiger partial charge in [-0.25, -0.2) is 0 Å². The third kappa shape index (κ3) is 3.30. The lowest BCUT2D eigenvalue weighted by Gasteiger charge is -2.29. The number of hydrogen-bond donors (Lipinski definition) is 1. The molecule has 0 saturated heterocycles. The van der Waals surface area contributed by atoms with Gasteiger partial charge >= 0.3 is 0 Å². The van der Waals surface area contributed by atoms with Crippen LogP contribution < -0.4 is 5.73 Å². The molecule has 2 N–H and O–H groups in total. The molecule has 3 unspecified atom stereocenters. The summed E-state index contributed by atoms with van der Waals surface area (Å²) in [5.74, 6) is -0.0532. The summed E-state index contributed by atoms with van der Waals surface area (Å²) in [5.41, 5.74) is 6.91. The molecule has 0 spiro atoms. The number of hydrogen-bond acceptors (Lipinski definition) is 2. The topological polar surface area (TPSA) is 46.3 Å². The molecule has 1 rings (SSSR count). The van der Waals surface area contributed by atoms with Gasteiger partial charge in [0.25, 0.3) is 0 Å². The molecule has 0 bridgehead atoms. The number of amides is 1. The molecule has 0 saturated carbocycles. The Kier molecular flexibility index (Phi) is 4.70. The molecule has 3 nitrogen and oxygen atoms in total. The Balaban J connectivity index is 2.77. The van der Waals surface area contributed by atoms with E-state index in [0.29, 0.717) is 0 Å². The summed E-state index contributed by atoms with van der Waals surface area (Å²) < 4.78 is 0. The quantitative estimate of drug-likeness (QED) is 0.868. The van der Waals surface area contributed by atoms with Crippen molar-refractivity contribution in [1.29, 1.82) is 0 Å². The second-order valence-electron chi connectivity index (χ2n) is 4.68. The second-order valence-corrected chi connectivity index (χ2v) is 4.68. The summed E-state index contributed by atoms with van der Waals surface area (Å²) in [6, 6.07) is 9.97.